The molecule has 1 atom stereocenters. The molecule has 0 aromatic rings. The van der Waals surface area contributed by atoms with Crippen LogP contribution < -0.4 is 0 Å². The molecule has 0 amide bonds. The van der Waals surface area contributed by atoms with E-state index < -0.39 is 0 Å². The molecule has 0 radical (unpaired) electrons. The minimum absolute atomic E-state index is 0.284. The first kappa shape index (κ1) is 12.7. The minimum Gasteiger partial charge on any atom is -0.299 e. The molecule has 1 rings (SSSR count). The first-order chi connectivity index (χ1) is 7.09. The van der Waals surface area contributed by atoms with Crippen LogP contribution >= 0.6 is 0 Å². The van der Waals surface area contributed by atoms with Crippen LogP contribution in [0.3, 0.4) is 0 Å². The summed E-state index contributed by atoms with van der Waals surface area (Å²) < 4.78 is 0. The summed E-state index contributed by atoms with van der Waals surface area (Å²) in [4.78, 5) is 11.9. The van der Waals surface area contributed by atoms with Crippen LogP contribution in [0.4, 0.5) is 0 Å². The van der Waals surface area contributed by atoms with Crippen molar-refractivity contribution in [1.29, 1.82) is 0 Å². The molecule has 1 nitrogen and oxygen atoms in total. The second kappa shape index (κ2) is 6.30. The van der Waals surface area contributed by atoms with Gasteiger partial charge in [0.15, 0.2) is 0 Å². The summed E-state index contributed by atoms with van der Waals surface area (Å²) in [7, 11) is 0. The topological polar surface area (TPSA) is 17.1 Å². The molecular weight excluding hydrogens is 184 g/mol. The molecule has 0 saturated heterocycles. The van der Waals surface area contributed by atoms with E-state index >= 15 is 0 Å². The molecule has 0 aromatic carbocycles. The maximum Gasteiger partial charge on any atom is 0.135 e. The van der Waals surface area contributed by atoms with Gasteiger partial charge in [0.2, 0.25) is 0 Å². The second-order valence-corrected chi connectivity index (χ2v) is 5.71. The van der Waals surface area contributed by atoms with E-state index in [9.17, 15) is 4.79 Å². The molecule has 1 aliphatic carbocycles. The molecule has 0 aromatic heterocycles. The van der Waals surface area contributed by atoms with E-state index in [1.165, 1.54) is 32.1 Å². The lowest BCUT2D eigenvalue weighted by Gasteiger charge is -2.22. The molecule has 1 fully saturated rings. The molecule has 1 aliphatic rings. The molecule has 1 heteroatoms. The van der Waals surface area contributed by atoms with Crippen molar-refractivity contribution in [2.45, 2.75) is 65.7 Å². The zero-order valence-electron chi connectivity index (χ0n) is 10.6. The highest BCUT2D eigenvalue weighted by Gasteiger charge is 2.20. The van der Waals surface area contributed by atoms with Crippen LogP contribution in [0, 0.1) is 17.8 Å². The molecule has 1 unspecified atom stereocenters. The smallest absolute Gasteiger partial charge is 0.135 e. The number of Topliss-reactive ketones (excluding diaryl/α,β-unsaturated/α-hetero) is 1. The highest BCUT2D eigenvalue weighted by atomic mass is 16.1. The van der Waals surface area contributed by atoms with E-state index in [1.54, 1.807) is 0 Å². The molecule has 0 bridgehead atoms. The van der Waals surface area contributed by atoms with E-state index in [0.29, 0.717) is 17.6 Å². The van der Waals surface area contributed by atoms with Crippen molar-refractivity contribution < 1.29 is 4.79 Å². The zero-order valence-corrected chi connectivity index (χ0v) is 10.6. The van der Waals surface area contributed by atoms with E-state index in [4.69, 9.17) is 0 Å². The molecule has 0 aliphatic heterocycles. The number of hydrogen-bond acceptors (Lipinski definition) is 1. The first-order valence-corrected chi connectivity index (χ1v) is 6.62. The lowest BCUT2D eigenvalue weighted by atomic mass is 9.82. The van der Waals surface area contributed by atoms with Gasteiger partial charge in [0.1, 0.15) is 5.78 Å². The summed E-state index contributed by atoms with van der Waals surface area (Å²) in [6, 6.07) is 0. The molecule has 0 N–H and O–H groups in total. The number of carbonyl (C=O) groups is 1. The van der Waals surface area contributed by atoms with Gasteiger partial charge < -0.3 is 0 Å². The molecule has 15 heavy (non-hydrogen) atoms. The molecule has 88 valence electrons. The highest BCUT2D eigenvalue weighted by molar-refractivity contribution is 5.80. The Morgan fingerprint density at radius 3 is 2.27 bits per heavy atom. The van der Waals surface area contributed by atoms with Crippen LogP contribution in [0.1, 0.15) is 65.7 Å². The van der Waals surface area contributed by atoms with Gasteiger partial charge in [-0.05, 0) is 18.3 Å². The summed E-state index contributed by atoms with van der Waals surface area (Å²) >= 11 is 0. The third-order valence-electron chi connectivity index (χ3n) is 3.59. The normalized spacial score (nSPS) is 20.5. The van der Waals surface area contributed by atoms with Gasteiger partial charge in [0.25, 0.3) is 0 Å². The average Bonchev–Trinajstić information content (AvgIpc) is 2.18. The van der Waals surface area contributed by atoms with Crippen LogP contribution in [0.25, 0.3) is 0 Å². The second-order valence-electron chi connectivity index (χ2n) is 5.71. The first-order valence-electron chi connectivity index (χ1n) is 6.62. The van der Waals surface area contributed by atoms with Crippen molar-refractivity contribution in [2.24, 2.45) is 17.8 Å². The third-order valence-corrected chi connectivity index (χ3v) is 3.59. The fourth-order valence-corrected chi connectivity index (χ4v) is 2.72. The number of carbonyl (C=O) groups excluding carboxylic acids is 1. The van der Waals surface area contributed by atoms with Gasteiger partial charge in [-0.3, -0.25) is 4.79 Å². The standard InChI is InChI=1S/C14H26O/c1-11(2)9-12(3)14(15)10-13-7-5-4-6-8-13/h11-13H,4-10H2,1-3H3. The van der Waals surface area contributed by atoms with Crippen LogP contribution in [-0.4, -0.2) is 5.78 Å². The molecule has 0 heterocycles. The van der Waals surface area contributed by atoms with Crippen LogP contribution in [-0.2, 0) is 4.79 Å². The molecular formula is C14H26O. The maximum atomic E-state index is 11.9. The Morgan fingerprint density at radius 1 is 1.13 bits per heavy atom. The number of rotatable bonds is 5. The van der Waals surface area contributed by atoms with Crippen LogP contribution in [0.5, 0.6) is 0 Å². The number of hydrogen-bond donors (Lipinski definition) is 0. The summed E-state index contributed by atoms with van der Waals surface area (Å²) in [5.41, 5.74) is 0. The summed E-state index contributed by atoms with van der Waals surface area (Å²) in [6.07, 6.45) is 8.57. The van der Waals surface area contributed by atoms with Gasteiger partial charge in [0.05, 0.1) is 0 Å². The van der Waals surface area contributed by atoms with Gasteiger partial charge in [-0.1, -0.05) is 52.9 Å². The van der Waals surface area contributed by atoms with Gasteiger partial charge in [-0.25, -0.2) is 0 Å². The Hall–Kier alpha value is -0.330. The van der Waals surface area contributed by atoms with Gasteiger partial charge >= 0.3 is 0 Å². The average molecular weight is 210 g/mol. The Labute approximate surface area is 94.6 Å². The third kappa shape index (κ3) is 4.81. The quantitative estimate of drug-likeness (QED) is 0.664. The fourth-order valence-electron chi connectivity index (χ4n) is 2.72. The SMILES string of the molecule is CC(C)CC(C)C(=O)CC1CCCCC1. The summed E-state index contributed by atoms with van der Waals surface area (Å²) in [5.74, 6) is 2.15. The fraction of sp³-hybridized carbons (Fsp3) is 0.929. The maximum absolute atomic E-state index is 11.9. The largest absolute Gasteiger partial charge is 0.299 e. The summed E-state index contributed by atoms with van der Waals surface area (Å²) in [6.45, 7) is 6.50. The van der Waals surface area contributed by atoms with E-state index in [-0.39, 0.29) is 5.92 Å². The van der Waals surface area contributed by atoms with Crippen LogP contribution in [0.2, 0.25) is 0 Å². The Morgan fingerprint density at radius 2 is 1.73 bits per heavy atom. The minimum atomic E-state index is 0.284. The van der Waals surface area contributed by atoms with Crippen molar-refractivity contribution >= 4 is 5.78 Å². The number of ketones is 1. The van der Waals surface area contributed by atoms with Gasteiger partial charge in [-0.15, -0.1) is 0 Å². The lowest BCUT2D eigenvalue weighted by molar-refractivity contribution is -0.124. The van der Waals surface area contributed by atoms with Crippen molar-refractivity contribution in [2.75, 3.05) is 0 Å². The van der Waals surface area contributed by atoms with Crippen molar-refractivity contribution in [3.05, 3.63) is 0 Å². The van der Waals surface area contributed by atoms with Crippen molar-refractivity contribution in [3.63, 3.8) is 0 Å². The predicted molar refractivity (Wildman–Crippen MR) is 64.8 cm³/mol. The van der Waals surface area contributed by atoms with Crippen molar-refractivity contribution in [1.82, 2.24) is 0 Å². The lowest BCUT2D eigenvalue weighted by Crippen LogP contribution is -2.18. The molecule has 1 saturated carbocycles. The highest BCUT2D eigenvalue weighted by Crippen LogP contribution is 2.28. The van der Waals surface area contributed by atoms with Gasteiger partial charge in [0, 0.05) is 12.3 Å². The monoisotopic (exact) mass is 210 g/mol. The Kier molecular flexibility index (Phi) is 5.35. The summed E-state index contributed by atoms with van der Waals surface area (Å²) in [5, 5.41) is 0. The van der Waals surface area contributed by atoms with Crippen molar-refractivity contribution in [3.8, 4) is 0 Å². The predicted octanol–water partition coefficient (Wildman–Crippen LogP) is 4.21. The van der Waals surface area contributed by atoms with Gasteiger partial charge in [-0.2, -0.15) is 0 Å². The Balaban J connectivity index is 2.27. The van der Waals surface area contributed by atoms with E-state index in [1.807, 2.05) is 0 Å². The Bertz CT molecular complexity index is 190. The van der Waals surface area contributed by atoms with E-state index in [2.05, 4.69) is 20.8 Å². The van der Waals surface area contributed by atoms with E-state index in [0.717, 1.165) is 12.8 Å². The van der Waals surface area contributed by atoms with Crippen LogP contribution in [0.15, 0.2) is 0 Å². The molecule has 0 spiro atoms. The zero-order chi connectivity index (χ0) is 11.3.